The van der Waals surface area contributed by atoms with E-state index in [0.29, 0.717) is 24.4 Å². The maximum Gasteiger partial charge on any atom is 0.243 e. The number of ether oxygens (including phenoxy) is 1. The van der Waals surface area contributed by atoms with Crippen molar-refractivity contribution in [3.8, 4) is 5.75 Å². The van der Waals surface area contributed by atoms with Gasteiger partial charge in [-0.3, -0.25) is 4.79 Å². The molecule has 0 aromatic heterocycles. The molecule has 8 heteroatoms. The van der Waals surface area contributed by atoms with E-state index in [0.717, 1.165) is 24.2 Å². The summed E-state index contributed by atoms with van der Waals surface area (Å²) in [5.41, 5.74) is 2.37. The Labute approximate surface area is 185 Å². The lowest BCUT2D eigenvalue weighted by molar-refractivity contribution is -0.131. The van der Waals surface area contributed by atoms with Crippen LogP contribution in [0.25, 0.3) is 0 Å². The van der Waals surface area contributed by atoms with Crippen molar-refractivity contribution in [2.75, 3.05) is 39.8 Å². The van der Waals surface area contributed by atoms with Crippen LogP contribution in [0.5, 0.6) is 5.75 Å². The minimum Gasteiger partial charge on any atom is -0.497 e. The number of aryl methyl sites for hydroxylation is 2. The van der Waals surface area contributed by atoms with E-state index in [1.165, 1.54) is 4.31 Å². The van der Waals surface area contributed by atoms with E-state index < -0.39 is 10.0 Å². The van der Waals surface area contributed by atoms with Crippen LogP contribution in [0.2, 0.25) is 0 Å². The van der Waals surface area contributed by atoms with Crippen molar-refractivity contribution in [3.63, 3.8) is 0 Å². The first-order valence-electron chi connectivity index (χ1n) is 10.5. The number of sulfonamides is 1. The summed E-state index contributed by atoms with van der Waals surface area (Å²) in [6.07, 6.45) is 0.147. The van der Waals surface area contributed by atoms with Crippen molar-refractivity contribution in [1.29, 1.82) is 0 Å². The van der Waals surface area contributed by atoms with Gasteiger partial charge in [0, 0.05) is 45.7 Å². The number of carbonyl (C=O) groups is 1. The first kappa shape index (κ1) is 23.2. The molecule has 0 spiro atoms. The first-order valence-corrected chi connectivity index (χ1v) is 11.9. The lowest BCUT2D eigenvalue weighted by Crippen LogP contribution is -2.47. The average molecular weight is 446 g/mol. The normalized spacial score (nSPS) is 14.6. The molecule has 1 aliphatic rings. The van der Waals surface area contributed by atoms with Gasteiger partial charge < -0.3 is 15.0 Å². The molecule has 2 aromatic carbocycles. The Morgan fingerprint density at radius 1 is 1.13 bits per heavy atom. The van der Waals surface area contributed by atoms with Gasteiger partial charge in [0.25, 0.3) is 0 Å². The largest absolute Gasteiger partial charge is 0.497 e. The SMILES string of the molecule is COc1cccc(CN(CCC(=O)N2CCNCC2)S(=O)(=O)c2cc(C)ccc2C)c1. The Bertz CT molecular complexity index is 1020. The second-order valence-corrected chi connectivity index (χ2v) is 9.75. The maximum atomic E-state index is 13.6. The highest BCUT2D eigenvalue weighted by Gasteiger charge is 2.28. The van der Waals surface area contributed by atoms with Gasteiger partial charge >= 0.3 is 0 Å². The van der Waals surface area contributed by atoms with Crippen molar-refractivity contribution >= 4 is 15.9 Å². The van der Waals surface area contributed by atoms with E-state index in [9.17, 15) is 13.2 Å². The molecule has 3 rings (SSSR count). The summed E-state index contributed by atoms with van der Waals surface area (Å²) < 4.78 is 33.9. The zero-order chi connectivity index (χ0) is 22.4. The Kier molecular flexibility index (Phi) is 7.69. The van der Waals surface area contributed by atoms with Gasteiger partial charge in [0.2, 0.25) is 15.9 Å². The topological polar surface area (TPSA) is 79.0 Å². The van der Waals surface area contributed by atoms with Crippen LogP contribution in [0.1, 0.15) is 23.1 Å². The third-order valence-electron chi connectivity index (χ3n) is 5.50. The zero-order valence-electron chi connectivity index (χ0n) is 18.4. The Morgan fingerprint density at radius 2 is 1.87 bits per heavy atom. The van der Waals surface area contributed by atoms with Crippen molar-refractivity contribution in [2.24, 2.45) is 0 Å². The smallest absolute Gasteiger partial charge is 0.243 e. The van der Waals surface area contributed by atoms with Gasteiger partial charge in [-0.15, -0.1) is 0 Å². The van der Waals surface area contributed by atoms with Crippen LogP contribution in [0.3, 0.4) is 0 Å². The number of amides is 1. The summed E-state index contributed by atoms with van der Waals surface area (Å²) in [6, 6.07) is 12.8. The molecule has 0 saturated carbocycles. The Hall–Kier alpha value is -2.42. The number of hydrogen-bond acceptors (Lipinski definition) is 5. The molecule has 1 aliphatic heterocycles. The molecule has 1 fully saturated rings. The van der Waals surface area contributed by atoms with Crippen molar-refractivity contribution < 1.29 is 17.9 Å². The van der Waals surface area contributed by atoms with Gasteiger partial charge in [0.1, 0.15) is 5.75 Å². The number of hydrogen-bond donors (Lipinski definition) is 1. The number of nitrogens with zero attached hydrogens (tertiary/aromatic N) is 2. The Balaban J connectivity index is 1.87. The molecular weight excluding hydrogens is 414 g/mol. The molecule has 0 unspecified atom stereocenters. The quantitative estimate of drug-likeness (QED) is 0.675. The molecule has 1 amide bonds. The van der Waals surface area contributed by atoms with E-state index in [1.807, 2.05) is 43.3 Å². The van der Waals surface area contributed by atoms with Gasteiger partial charge in [0.15, 0.2) is 0 Å². The molecule has 0 radical (unpaired) electrons. The van der Waals surface area contributed by atoms with Crippen LogP contribution < -0.4 is 10.1 Å². The minimum atomic E-state index is -3.79. The van der Waals surface area contributed by atoms with Crippen LogP contribution >= 0.6 is 0 Å². The molecule has 7 nitrogen and oxygen atoms in total. The van der Waals surface area contributed by atoms with Crippen LogP contribution in [-0.4, -0.2) is 63.4 Å². The predicted octanol–water partition coefficient (Wildman–Crippen LogP) is 2.32. The number of piperazine rings is 1. The lowest BCUT2D eigenvalue weighted by atomic mass is 10.2. The van der Waals surface area contributed by atoms with E-state index in [1.54, 1.807) is 25.0 Å². The lowest BCUT2D eigenvalue weighted by Gasteiger charge is -2.29. The number of rotatable bonds is 8. The van der Waals surface area contributed by atoms with Crippen molar-refractivity contribution in [1.82, 2.24) is 14.5 Å². The second-order valence-electron chi connectivity index (χ2n) is 7.84. The fourth-order valence-corrected chi connectivity index (χ4v) is 5.41. The van der Waals surface area contributed by atoms with Crippen molar-refractivity contribution in [3.05, 3.63) is 59.2 Å². The maximum absolute atomic E-state index is 13.6. The van der Waals surface area contributed by atoms with Gasteiger partial charge in [-0.25, -0.2) is 8.42 Å². The highest BCUT2D eigenvalue weighted by atomic mass is 32.2. The monoisotopic (exact) mass is 445 g/mol. The average Bonchev–Trinajstić information content (AvgIpc) is 2.78. The van der Waals surface area contributed by atoms with E-state index >= 15 is 0 Å². The molecular formula is C23H31N3O4S. The van der Waals surface area contributed by atoms with Gasteiger partial charge in [0.05, 0.1) is 12.0 Å². The predicted molar refractivity (Wildman–Crippen MR) is 121 cm³/mol. The summed E-state index contributed by atoms with van der Waals surface area (Å²) in [6.45, 7) is 6.79. The molecule has 0 bridgehead atoms. The number of carbonyl (C=O) groups excluding carboxylic acids is 1. The van der Waals surface area contributed by atoms with E-state index in [-0.39, 0.29) is 30.3 Å². The summed E-state index contributed by atoms with van der Waals surface area (Å²) >= 11 is 0. The van der Waals surface area contributed by atoms with E-state index in [2.05, 4.69) is 5.32 Å². The summed E-state index contributed by atoms with van der Waals surface area (Å²) in [5.74, 6) is 0.645. The Morgan fingerprint density at radius 3 is 2.58 bits per heavy atom. The first-order chi connectivity index (χ1) is 14.8. The molecule has 0 aliphatic carbocycles. The van der Waals surface area contributed by atoms with E-state index in [4.69, 9.17) is 4.74 Å². The fraction of sp³-hybridized carbons (Fsp3) is 0.435. The third kappa shape index (κ3) is 5.84. The fourth-order valence-electron chi connectivity index (χ4n) is 3.68. The molecule has 1 N–H and O–H groups in total. The standard InChI is InChI=1S/C23H31N3O4S/c1-18-7-8-19(2)22(15-18)31(28,29)26(17-20-5-4-6-21(16-20)30-3)12-9-23(27)25-13-10-24-11-14-25/h4-8,15-16,24H,9-14,17H2,1-3H3. The van der Waals surface area contributed by atoms with Gasteiger partial charge in [-0.1, -0.05) is 24.3 Å². The molecule has 0 atom stereocenters. The highest BCUT2D eigenvalue weighted by molar-refractivity contribution is 7.89. The zero-order valence-corrected chi connectivity index (χ0v) is 19.2. The van der Waals surface area contributed by atoms with Crippen molar-refractivity contribution in [2.45, 2.75) is 31.7 Å². The third-order valence-corrected chi connectivity index (χ3v) is 7.49. The highest BCUT2D eigenvalue weighted by Crippen LogP contribution is 2.24. The van der Waals surface area contributed by atoms with Gasteiger partial charge in [-0.2, -0.15) is 4.31 Å². The molecule has 168 valence electrons. The van der Waals surface area contributed by atoms with Crippen LogP contribution in [0, 0.1) is 13.8 Å². The van der Waals surface area contributed by atoms with Crippen LogP contribution in [0.4, 0.5) is 0 Å². The summed E-state index contributed by atoms with van der Waals surface area (Å²) in [5, 5.41) is 3.22. The summed E-state index contributed by atoms with van der Waals surface area (Å²) in [4.78, 5) is 14.8. The minimum absolute atomic E-state index is 0.0201. The second kappa shape index (κ2) is 10.3. The molecule has 2 aromatic rings. The number of benzene rings is 2. The van der Waals surface area contributed by atoms with Crippen LogP contribution in [-0.2, 0) is 21.4 Å². The summed E-state index contributed by atoms with van der Waals surface area (Å²) in [7, 11) is -2.21. The number of nitrogens with one attached hydrogen (secondary N) is 1. The molecule has 1 heterocycles. The molecule has 31 heavy (non-hydrogen) atoms. The van der Waals surface area contributed by atoms with Gasteiger partial charge in [-0.05, 0) is 48.7 Å². The molecule has 1 saturated heterocycles. The number of methoxy groups -OCH3 is 1. The van der Waals surface area contributed by atoms with Crippen LogP contribution in [0.15, 0.2) is 47.4 Å².